The summed E-state index contributed by atoms with van der Waals surface area (Å²) in [5, 5.41) is 121. The van der Waals surface area contributed by atoms with Crippen molar-refractivity contribution in [1.29, 1.82) is 0 Å². The summed E-state index contributed by atoms with van der Waals surface area (Å²) in [5.74, 6) is -0.268. The van der Waals surface area contributed by atoms with Crippen LogP contribution in [0.3, 0.4) is 0 Å². The van der Waals surface area contributed by atoms with E-state index in [9.17, 15) is 61.0 Å². The van der Waals surface area contributed by atoms with Gasteiger partial charge in [0.05, 0.1) is 38.6 Å². The van der Waals surface area contributed by atoms with Crippen molar-refractivity contribution in [3.63, 3.8) is 0 Å². The zero-order chi connectivity index (χ0) is 80.3. The molecule has 0 aliphatic carbocycles. The van der Waals surface area contributed by atoms with Gasteiger partial charge in [-0.2, -0.15) is 0 Å². The third-order valence-electron chi connectivity index (χ3n) is 22.5. The number of ether oxygens (including phenoxy) is 6. The van der Waals surface area contributed by atoms with Crippen molar-refractivity contribution >= 4 is 5.91 Å². The lowest BCUT2D eigenvalue weighted by atomic mass is 9.96. The van der Waals surface area contributed by atoms with Gasteiger partial charge in [0.25, 0.3) is 0 Å². The van der Waals surface area contributed by atoms with Gasteiger partial charge in [0.1, 0.15) is 73.2 Å². The molecular formula is C92H167NO18. The van der Waals surface area contributed by atoms with E-state index in [2.05, 4.69) is 79.9 Å². The number of hydrogen-bond acceptors (Lipinski definition) is 18. The van der Waals surface area contributed by atoms with E-state index in [1.54, 1.807) is 6.08 Å². The van der Waals surface area contributed by atoms with Crippen LogP contribution < -0.4 is 5.32 Å². The largest absolute Gasteiger partial charge is 0.394 e. The number of aliphatic hydroxyl groups excluding tert-OH is 11. The number of carbonyl (C=O) groups is 1. The highest BCUT2D eigenvalue weighted by Crippen LogP contribution is 2.34. The Labute approximate surface area is 674 Å². The summed E-state index contributed by atoms with van der Waals surface area (Å²) in [6.07, 6.45) is 69.2. The highest BCUT2D eigenvalue weighted by molar-refractivity contribution is 5.76. The lowest BCUT2D eigenvalue weighted by Crippen LogP contribution is -2.66. The topological polar surface area (TPSA) is 307 Å². The second kappa shape index (κ2) is 71.3. The molecule has 1 amide bonds. The first-order valence-corrected chi connectivity index (χ1v) is 45.7. The first kappa shape index (κ1) is 102. The number of amides is 1. The van der Waals surface area contributed by atoms with Crippen LogP contribution in [0.1, 0.15) is 373 Å². The molecule has 0 spiro atoms. The third kappa shape index (κ3) is 49.9. The summed E-state index contributed by atoms with van der Waals surface area (Å²) >= 11 is 0. The Hall–Kier alpha value is -2.77. The van der Waals surface area contributed by atoms with Gasteiger partial charge in [-0.05, 0) is 64.2 Å². The highest BCUT2D eigenvalue weighted by Gasteiger charge is 2.54. The average Bonchev–Trinajstić information content (AvgIpc) is 0.780. The van der Waals surface area contributed by atoms with Crippen molar-refractivity contribution in [3.8, 4) is 0 Å². The van der Waals surface area contributed by atoms with Crippen LogP contribution in [0.5, 0.6) is 0 Å². The number of hydrogen-bond donors (Lipinski definition) is 12. The van der Waals surface area contributed by atoms with E-state index in [1.165, 1.54) is 270 Å². The van der Waals surface area contributed by atoms with Crippen molar-refractivity contribution in [1.82, 2.24) is 5.32 Å². The summed E-state index contributed by atoms with van der Waals surface area (Å²) in [5.41, 5.74) is 0. The van der Waals surface area contributed by atoms with Crippen LogP contribution in [0.4, 0.5) is 0 Å². The Bertz CT molecular complexity index is 2280. The molecule has 3 aliphatic heterocycles. The molecule has 3 aliphatic rings. The molecule has 17 unspecified atom stereocenters. The molecule has 0 aromatic rings. The van der Waals surface area contributed by atoms with Gasteiger partial charge in [0.15, 0.2) is 18.9 Å². The minimum Gasteiger partial charge on any atom is -0.394 e. The van der Waals surface area contributed by atoms with E-state index in [0.29, 0.717) is 6.42 Å². The monoisotopic (exact) mass is 1570 g/mol. The van der Waals surface area contributed by atoms with Crippen LogP contribution in [0.2, 0.25) is 0 Å². The van der Waals surface area contributed by atoms with Gasteiger partial charge >= 0.3 is 0 Å². The van der Waals surface area contributed by atoms with Crippen molar-refractivity contribution in [3.05, 3.63) is 72.9 Å². The lowest BCUT2D eigenvalue weighted by Gasteiger charge is -2.48. The van der Waals surface area contributed by atoms with Crippen LogP contribution >= 0.6 is 0 Å². The summed E-state index contributed by atoms with van der Waals surface area (Å²) < 4.78 is 34.5. The third-order valence-corrected chi connectivity index (χ3v) is 22.5. The Morgan fingerprint density at radius 3 is 0.973 bits per heavy atom. The summed E-state index contributed by atoms with van der Waals surface area (Å²) in [7, 11) is 0. The zero-order valence-corrected chi connectivity index (χ0v) is 69.9. The summed E-state index contributed by atoms with van der Waals surface area (Å²) in [6, 6.07) is -0.975. The second-order valence-corrected chi connectivity index (χ2v) is 32.4. The van der Waals surface area contributed by atoms with Gasteiger partial charge in [0.2, 0.25) is 5.91 Å². The average molecular weight is 1580 g/mol. The molecule has 3 saturated heterocycles. The van der Waals surface area contributed by atoms with E-state index in [-0.39, 0.29) is 18.9 Å². The molecular weight excluding hydrogens is 1410 g/mol. The molecule has 19 heteroatoms. The predicted octanol–water partition coefficient (Wildman–Crippen LogP) is 17.5. The van der Waals surface area contributed by atoms with E-state index in [1.807, 2.05) is 6.08 Å². The summed E-state index contributed by atoms with van der Waals surface area (Å²) in [6.45, 7) is 1.68. The molecule has 3 rings (SSSR count). The number of allylic oxidation sites excluding steroid dienone is 11. The molecule has 0 radical (unpaired) electrons. The smallest absolute Gasteiger partial charge is 0.220 e. The lowest BCUT2D eigenvalue weighted by molar-refractivity contribution is -0.379. The number of nitrogens with one attached hydrogen (secondary N) is 1. The molecule has 0 bridgehead atoms. The minimum absolute atomic E-state index is 0.246. The Morgan fingerprint density at radius 1 is 0.333 bits per heavy atom. The van der Waals surface area contributed by atoms with E-state index >= 15 is 0 Å². The van der Waals surface area contributed by atoms with Crippen molar-refractivity contribution < 1.29 is 89.4 Å². The fourth-order valence-electron chi connectivity index (χ4n) is 15.3. The number of aliphatic hydroxyl groups is 11. The van der Waals surface area contributed by atoms with Gasteiger partial charge in [-0.25, -0.2) is 0 Å². The van der Waals surface area contributed by atoms with Crippen molar-refractivity contribution in [2.75, 3.05) is 26.4 Å². The fraction of sp³-hybridized carbons (Fsp3) is 0.859. The molecule has 19 nitrogen and oxygen atoms in total. The van der Waals surface area contributed by atoms with Gasteiger partial charge in [-0.15, -0.1) is 0 Å². The SMILES string of the molecule is CC/C=C\C/C=C\C/C=C\C/C=C\C/C=C\CCCCCCCCCCCCCCCCCCCCCCCCCCCC(=O)NC(COC1OC(CO)C(OC2OC(CO)C(OC3OC(CO)C(O)C(O)C3O)C(O)C2O)C(O)C1O)C(O)/C=C/CCCCCCCCCCCCCCCCCCCCCCCCC. The van der Waals surface area contributed by atoms with Crippen molar-refractivity contribution in [2.24, 2.45) is 0 Å². The van der Waals surface area contributed by atoms with Crippen molar-refractivity contribution in [2.45, 2.75) is 478 Å². The second-order valence-electron chi connectivity index (χ2n) is 32.4. The Balaban J connectivity index is 1.29. The first-order chi connectivity index (χ1) is 54.3. The summed E-state index contributed by atoms with van der Waals surface area (Å²) in [4.78, 5) is 13.5. The molecule has 3 fully saturated rings. The quantitative estimate of drug-likeness (QED) is 0.0199. The van der Waals surface area contributed by atoms with Crippen LogP contribution in [0, 0.1) is 0 Å². The number of unbranched alkanes of at least 4 members (excludes halogenated alkanes) is 48. The Kier molecular flexibility index (Phi) is 65.8. The molecule has 12 N–H and O–H groups in total. The van der Waals surface area contributed by atoms with Gasteiger partial charge in [-0.1, -0.05) is 376 Å². The number of carbonyl (C=O) groups excluding carboxylic acids is 1. The van der Waals surface area contributed by atoms with E-state index < -0.39 is 124 Å². The maximum atomic E-state index is 13.5. The standard InChI is InChI=1S/C92H167NO18/c1-3-5-7-9-11-13-15-17-19-21-23-25-27-29-30-31-32-33-34-35-36-37-38-39-40-41-42-43-44-46-48-50-52-54-56-58-60-62-64-66-68-70-80(98)93-75(76(97)69-67-65-63-61-59-57-55-53-51-49-47-45-28-26-24-22-20-18-16-14-12-10-8-6-4-2)74-106-90-86(104)83(101)88(78(72-95)108-90)111-92-87(105)84(102)89(79(73-96)109-92)110-91-85(103)82(100)81(99)77(71-94)107-91/h5,7,11,13,17,19,23,25,29-30,67,69,75-79,81-92,94-97,99-105H,3-4,6,8-10,12,14-16,18,20-22,24,26-28,31-66,68,70-74H2,1-2H3,(H,93,98)/b7-5-,13-11-,19-17-,25-23-,30-29-,69-67+. The van der Waals surface area contributed by atoms with Crippen LogP contribution in [0.15, 0.2) is 72.9 Å². The molecule has 0 saturated carbocycles. The van der Waals surface area contributed by atoms with Crippen LogP contribution in [-0.4, -0.2) is 193 Å². The molecule has 0 aromatic heterocycles. The maximum Gasteiger partial charge on any atom is 0.220 e. The zero-order valence-electron chi connectivity index (χ0n) is 69.9. The highest BCUT2D eigenvalue weighted by atomic mass is 16.8. The minimum atomic E-state index is -1.98. The van der Waals surface area contributed by atoms with Crippen LogP contribution in [-0.2, 0) is 33.2 Å². The van der Waals surface area contributed by atoms with Crippen LogP contribution in [0.25, 0.3) is 0 Å². The van der Waals surface area contributed by atoms with Gasteiger partial charge in [0, 0.05) is 6.42 Å². The molecule has 111 heavy (non-hydrogen) atoms. The first-order valence-electron chi connectivity index (χ1n) is 45.7. The van der Waals surface area contributed by atoms with E-state index in [0.717, 1.165) is 77.0 Å². The molecule has 17 atom stereocenters. The number of rotatable bonds is 74. The van der Waals surface area contributed by atoms with E-state index in [4.69, 9.17) is 28.4 Å². The molecule has 3 heterocycles. The fourth-order valence-corrected chi connectivity index (χ4v) is 15.3. The maximum absolute atomic E-state index is 13.5. The predicted molar refractivity (Wildman–Crippen MR) is 448 cm³/mol. The van der Waals surface area contributed by atoms with Gasteiger partial charge < -0.3 is 89.9 Å². The molecule has 0 aromatic carbocycles. The van der Waals surface area contributed by atoms with Gasteiger partial charge in [-0.3, -0.25) is 4.79 Å². The Morgan fingerprint density at radius 2 is 0.622 bits per heavy atom. The molecule has 648 valence electrons. The normalized spacial score (nSPS) is 25.4.